The molecule has 30 heavy (non-hydrogen) atoms. The number of nitrogens with one attached hydrogen (secondary N) is 1. The van der Waals surface area contributed by atoms with Crippen LogP contribution in [0.2, 0.25) is 0 Å². The number of thioether (sulfide) groups is 1. The summed E-state index contributed by atoms with van der Waals surface area (Å²) in [5.41, 5.74) is 2.32. The zero-order valence-electron chi connectivity index (χ0n) is 17.0. The summed E-state index contributed by atoms with van der Waals surface area (Å²) in [6.07, 6.45) is 3.89. The van der Waals surface area contributed by atoms with Crippen molar-refractivity contribution >= 4 is 50.7 Å². The number of hydrogen-bond donors (Lipinski definition) is 1. The zero-order valence-corrected chi connectivity index (χ0v) is 18.6. The average molecular weight is 442 g/mol. The second-order valence-electron chi connectivity index (χ2n) is 7.36. The van der Waals surface area contributed by atoms with Crippen LogP contribution >= 0.6 is 23.1 Å². The summed E-state index contributed by atoms with van der Waals surface area (Å²) in [4.78, 5) is 44.0. The van der Waals surface area contributed by atoms with E-state index in [1.807, 2.05) is 6.92 Å². The Balaban J connectivity index is 1.55. The van der Waals surface area contributed by atoms with Crippen LogP contribution in [0.4, 0.5) is 5.69 Å². The van der Waals surface area contributed by atoms with Gasteiger partial charge in [0.2, 0.25) is 5.91 Å². The van der Waals surface area contributed by atoms with Crippen molar-refractivity contribution in [3.05, 3.63) is 50.6 Å². The minimum absolute atomic E-state index is 0.0123. The van der Waals surface area contributed by atoms with Crippen LogP contribution in [0.5, 0.6) is 0 Å². The van der Waals surface area contributed by atoms with E-state index < -0.39 is 0 Å². The van der Waals surface area contributed by atoms with Gasteiger partial charge in [0.15, 0.2) is 10.9 Å². The van der Waals surface area contributed by atoms with Crippen LogP contribution in [0.25, 0.3) is 10.2 Å². The SMILES string of the molecule is CCCn1c(SCC(=O)Nc2cccc(C(C)=O)c2)nc2sc3c(c2c1=O)CCC3. The van der Waals surface area contributed by atoms with Crippen molar-refractivity contribution in [3.8, 4) is 0 Å². The first-order valence-corrected chi connectivity index (χ1v) is 11.9. The first-order chi connectivity index (χ1) is 14.5. The summed E-state index contributed by atoms with van der Waals surface area (Å²) in [5, 5.41) is 4.18. The molecular weight excluding hydrogens is 418 g/mol. The maximum Gasteiger partial charge on any atom is 0.263 e. The fourth-order valence-corrected chi connectivity index (χ4v) is 5.86. The van der Waals surface area contributed by atoms with Gasteiger partial charge >= 0.3 is 0 Å². The molecular formula is C22H23N3O3S2. The minimum Gasteiger partial charge on any atom is -0.325 e. The standard InChI is InChI=1S/C22H23N3O3S2/c1-3-10-25-21(28)19-16-8-5-9-17(16)30-20(19)24-22(25)29-12-18(27)23-15-7-4-6-14(11-15)13(2)26/h4,6-7,11H,3,5,8-10,12H2,1-2H3,(H,23,27). The van der Waals surface area contributed by atoms with Gasteiger partial charge < -0.3 is 5.32 Å². The van der Waals surface area contributed by atoms with E-state index in [4.69, 9.17) is 4.98 Å². The van der Waals surface area contributed by atoms with Gasteiger partial charge in [-0.05, 0) is 50.3 Å². The van der Waals surface area contributed by atoms with Crippen molar-refractivity contribution in [1.29, 1.82) is 0 Å². The van der Waals surface area contributed by atoms with E-state index in [1.165, 1.54) is 29.1 Å². The van der Waals surface area contributed by atoms with Crippen molar-refractivity contribution in [3.63, 3.8) is 0 Å². The van der Waals surface area contributed by atoms with E-state index in [1.54, 1.807) is 40.2 Å². The second-order valence-corrected chi connectivity index (χ2v) is 9.39. The Morgan fingerprint density at radius 2 is 2.13 bits per heavy atom. The Hall–Kier alpha value is -2.45. The number of benzene rings is 1. The summed E-state index contributed by atoms with van der Waals surface area (Å²) in [6, 6.07) is 6.87. The van der Waals surface area contributed by atoms with Gasteiger partial charge in [-0.15, -0.1) is 11.3 Å². The molecule has 8 heteroatoms. The van der Waals surface area contributed by atoms with Gasteiger partial charge in [0.05, 0.1) is 11.1 Å². The number of carbonyl (C=O) groups excluding carboxylic acids is 2. The third-order valence-corrected chi connectivity index (χ3v) is 7.28. The molecule has 6 nitrogen and oxygen atoms in total. The molecule has 1 aromatic carbocycles. The molecule has 1 aliphatic carbocycles. The van der Waals surface area contributed by atoms with Gasteiger partial charge in [0.1, 0.15) is 4.83 Å². The fourth-order valence-electron chi connectivity index (χ4n) is 3.73. The summed E-state index contributed by atoms with van der Waals surface area (Å²) >= 11 is 2.89. The number of aromatic nitrogens is 2. The number of fused-ring (bicyclic) bond motifs is 3. The van der Waals surface area contributed by atoms with Crippen LogP contribution in [0.3, 0.4) is 0 Å². The van der Waals surface area contributed by atoms with Crippen molar-refractivity contribution in [2.45, 2.75) is 51.2 Å². The van der Waals surface area contributed by atoms with Crippen LogP contribution in [-0.4, -0.2) is 27.0 Å². The molecule has 156 valence electrons. The van der Waals surface area contributed by atoms with E-state index in [-0.39, 0.29) is 23.0 Å². The summed E-state index contributed by atoms with van der Waals surface area (Å²) < 4.78 is 1.71. The highest BCUT2D eigenvalue weighted by atomic mass is 32.2. The van der Waals surface area contributed by atoms with Crippen molar-refractivity contribution in [1.82, 2.24) is 9.55 Å². The first kappa shape index (κ1) is 20.8. The quantitative estimate of drug-likeness (QED) is 0.336. The highest BCUT2D eigenvalue weighted by Gasteiger charge is 2.23. The third-order valence-electron chi connectivity index (χ3n) is 5.12. The van der Waals surface area contributed by atoms with Crippen LogP contribution in [0.15, 0.2) is 34.2 Å². The molecule has 0 unspecified atom stereocenters. The third kappa shape index (κ3) is 4.06. The number of ketones is 1. The molecule has 1 amide bonds. The normalized spacial score (nSPS) is 12.9. The Morgan fingerprint density at radius 3 is 2.90 bits per heavy atom. The van der Waals surface area contributed by atoms with E-state index >= 15 is 0 Å². The molecule has 0 radical (unpaired) electrons. The summed E-state index contributed by atoms with van der Waals surface area (Å²) in [7, 11) is 0. The number of thiophene rings is 1. The number of amides is 1. The monoisotopic (exact) mass is 441 g/mol. The van der Waals surface area contributed by atoms with Crippen molar-refractivity contribution in [2.24, 2.45) is 0 Å². The highest BCUT2D eigenvalue weighted by Crippen LogP contribution is 2.35. The molecule has 2 heterocycles. The molecule has 1 N–H and O–H groups in total. The number of hydrogen-bond acceptors (Lipinski definition) is 6. The predicted octanol–water partition coefficient (Wildman–Crippen LogP) is 4.29. The van der Waals surface area contributed by atoms with Crippen LogP contribution < -0.4 is 10.9 Å². The van der Waals surface area contributed by atoms with Crippen LogP contribution in [0, 0.1) is 0 Å². The Bertz CT molecular complexity index is 1200. The topological polar surface area (TPSA) is 81.1 Å². The van der Waals surface area contributed by atoms with Crippen molar-refractivity contribution < 1.29 is 9.59 Å². The molecule has 0 fully saturated rings. The predicted molar refractivity (Wildman–Crippen MR) is 122 cm³/mol. The lowest BCUT2D eigenvalue weighted by Crippen LogP contribution is -2.24. The number of nitrogens with zero attached hydrogens (tertiary/aromatic N) is 2. The Labute approximate surface area is 182 Å². The molecule has 0 aliphatic heterocycles. The molecule has 1 aliphatic rings. The molecule has 0 saturated heterocycles. The Morgan fingerprint density at radius 1 is 1.30 bits per heavy atom. The largest absolute Gasteiger partial charge is 0.325 e. The van der Waals surface area contributed by atoms with Crippen LogP contribution in [0.1, 0.15) is 47.5 Å². The zero-order chi connectivity index (χ0) is 21.3. The van der Waals surface area contributed by atoms with Gasteiger partial charge in [-0.2, -0.15) is 0 Å². The molecule has 4 rings (SSSR count). The smallest absolute Gasteiger partial charge is 0.263 e. The maximum atomic E-state index is 13.2. The van der Waals surface area contributed by atoms with Gasteiger partial charge in [0, 0.05) is 22.7 Å². The number of aryl methyl sites for hydroxylation is 2. The lowest BCUT2D eigenvalue weighted by atomic mass is 10.1. The fraction of sp³-hybridized carbons (Fsp3) is 0.364. The lowest BCUT2D eigenvalue weighted by Gasteiger charge is -2.11. The minimum atomic E-state index is -0.202. The van der Waals surface area contributed by atoms with E-state index in [0.717, 1.165) is 35.9 Å². The molecule has 0 saturated carbocycles. The van der Waals surface area contributed by atoms with Crippen LogP contribution in [-0.2, 0) is 24.2 Å². The summed E-state index contributed by atoms with van der Waals surface area (Å²) in [6.45, 7) is 4.10. The second kappa shape index (κ2) is 8.73. The average Bonchev–Trinajstić information content (AvgIpc) is 3.30. The number of carbonyl (C=O) groups is 2. The molecule has 0 bridgehead atoms. The van der Waals surface area contributed by atoms with Gasteiger partial charge in [-0.25, -0.2) is 4.98 Å². The van der Waals surface area contributed by atoms with Crippen molar-refractivity contribution in [2.75, 3.05) is 11.1 Å². The maximum absolute atomic E-state index is 13.2. The van der Waals surface area contributed by atoms with Gasteiger partial charge in [0.25, 0.3) is 5.56 Å². The molecule has 0 atom stereocenters. The first-order valence-electron chi connectivity index (χ1n) is 10.1. The molecule has 0 spiro atoms. The Kier molecular flexibility index (Phi) is 6.06. The van der Waals surface area contributed by atoms with E-state index in [2.05, 4.69) is 5.32 Å². The number of anilines is 1. The highest BCUT2D eigenvalue weighted by molar-refractivity contribution is 7.99. The lowest BCUT2D eigenvalue weighted by molar-refractivity contribution is -0.113. The summed E-state index contributed by atoms with van der Waals surface area (Å²) in [5.74, 6) is -0.118. The molecule has 2 aromatic heterocycles. The van der Waals surface area contributed by atoms with Gasteiger partial charge in [-0.1, -0.05) is 30.8 Å². The van der Waals surface area contributed by atoms with Gasteiger partial charge in [-0.3, -0.25) is 19.0 Å². The number of Topliss-reactive ketones (excluding diaryl/α,β-unsaturated/α-hetero) is 1. The molecule has 3 aromatic rings. The van der Waals surface area contributed by atoms with E-state index in [0.29, 0.717) is 23.0 Å². The number of rotatable bonds is 7. The van der Waals surface area contributed by atoms with E-state index in [9.17, 15) is 14.4 Å².